The van der Waals surface area contributed by atoms with E-state index in [0.717, 1.165) is 24.2 Å². The van der Waals surface area contributed by atoms with Gasteiger partial charge in [-0.15, -0.1) is 0 Å². The van der Waals surface area contributed by atoms with Crippen LogP contribution in [0.4, 0.5) is 5.69 Å². The summed E-state index contributed by atoms with van der Waals surface area (Å²) in [5, 5.41) is 1.36. The SMILES string of the molecule is CCN(CC)S(=O)(=O)c1ccc2c3c(cccc13)C(=O)N2C[NH+]1CCOCC1. The van der Waals surface area contributed by atoms with Gasteiger partial charge < -0.3 is 9.64 Å². The second-order valence-electron chi connectivity index (χ2n) is 7.15. The van der Waals surface area contributed by atoms with E-state index in [1.165, 1.54) is 9.21 Å². The molecule has 2 aromatic carbocycles. The molecule has 4 rings (SSSR count). The fraction of sp³-hybridized carbons (Fsp3) is 0.450. The first kappa shape index (κ1) is 19.3. The van der Waals surface area contributed by atoms with Crippen molar-refractivity contribution in [1.82, 2.24) is 4.31 Å². The number of sulfonamides is 1. The van der Waals surface area contributed by atoms with Crippen LogP contribution in [0.1, 0.15) is 24.2 Å². The van der Waals surface area contributed by atoms with Crippen LogP contribution in [0.2, 0.25) is 0 Å². The molecule has 1 N–H and O–H groups in total. The Kier molecular flexibility index (Phi) is 5.13. The summed E-state index contributed by atoms with van der Waals surface area (Å²) in [4.78, 5) is 16.4. The molecule has 0 bridgehead atoms. The van der Waals surface area contributed by atoms with Gasteiger partial charge in [-0.2, -0.15) is 4.31 Å². The Hall–Kier alpha value is -2.00. The summed E-state index contributed by atoms with van der Waals surface area (Å²) in [5.74, 6) is -0.0584. The Labute approximate surface area is 165 Å². The Bertz CT molecular complexity index is 1010. The zero-order valence-electron chi connectivity index (χ0n) is 16.3. The van der Waals surface area contributed by atoms with Crippen LogP contribution in [0, 0.1) is 0 Å². The summed E-state index contributed by atoms with van der Waals surface area (Å²) >= 11 is 0. The molecule has 2 heterocycles. The van der Waals surface area contributed by atoms with Gasteiger partial charge >= 0.3 is 0 Å². The quantitative estimate of drug-likeness (QED) is 0.770. The number of rotatable bonds is 6. The van der Waals surface area contributed by atoms with Crippen molar-refractivity contribution in [2.24, 2.45) is 0 Å². The van der Waals surface area contributed by atoms with Gasteiger partial charge in [-0.25, -0.2) is 8.42 Å². The third kappa shape index (κ3) is 3.00. The molecule has 0 aliphatic carbocycles. The molecule has 2 aliphatic rings. The highest BCUT2D eigenvalue weighted by Gasteiger charge is 2.35. The van der Waals surface area contributed by atoms with Crippen LogP contribution in [-0.4, -0.2) is 64.7 Å². The van der Waals surface area contributed by atoms with Crippen LogP contribution in [0.15, 0.2) is 35.2 Å². The second-order valence-corrected chi connectivity index (χ2v) is 9.06. The number of carbonyl (C=O) groups is 1. The van der Waals surface area contributed by atoms with Crippen molar-refractivity contribution in [1.29, 1.82) is 0 Å². The predicted octanol–water partition coefficient (Wildman–Crippen LogP) is 0.703. The minimum Gasteiger partial charge on any atom is -0.370 e. The van der Waals surface area contributed by atoms with E-state index in [2.05, 4.69) is 0 Å². The maximum absolute atomic E-state index is 13.1. The number of nitrogens with zero attached hydrogens (tertiary/aromatic N) is 2. The third-order valence-electron chi connectivity index (χ3n) is 5.65. The fourth-order valence-corrected chi connectivity index (χ4v) is 5.79. The maximum atomic E-state index is 13.1. The van der Waals surface area contributed by atoms with Crippen LogP contribution < -0.4 is 9.80 Å². The Morgan fingerprint density at radius 3 is 2.50 bits per heavy atom. The molecule has 0 unspecified atom stereocenters. The first-order valence-electron chi connectivity index (χ1n) is 9.78. The summed E-state index contributed by atoms with van der Waals surface area (Å²) < 4.78 is 33.1. The van der Waals surface area contributed by atoms with E-state index in [4.69, 9.17) is 4.74 Å². The number of nitrogens with one attached hydrogen (secondary N) is 1. The van der Waals surface area contributed by atoms with E-state index in [9.17, 15) is 13.2 Å². The van der Waals surface area contributed by atoms with Crippen molar-refractivity contribution >= 4 is 32.4 Å². The lowest BCUT2D eigenvalue weighted by Crippen LogP contribution is -3.15. The average Bonchev–Trinajstić information content (AvgIpc) is 2.97. The molecular weight excluding hydrogens is 378 g/mol. The first-order chi connectivity index (χ1) is 13.5. The molecule has 0 radical (unpaired) electrons. The van der Waals surface area contributed by atoms with Gasteiger partial charge in [0.25, 0.3) is 5.91 Å². The Morgan fingerprint density at radius 2 is 1.82 bits per heavy atom. The first-order valence-corrected chi connectivity index (χ1v) is 11.2. The molecule has 28 heavy (non-hydrogen) atoms. The highest BCUT2D eigenvalue weighted by molar-refractivity contribution is 7.89. The smallest absolute Gasteiger partial charge is 0.263 e. The van der Waals surface area contributed by atoms with Gasteiger partial charge in [0.15, 0.2) is 6.67 Å². The molecule has 2 aromatic rings. The molecule has 0 saturated carbocycles. The highest BCUT2D eigenvalue weighted by atomic mass is 32.2. The number of hydrogen-bond acceptors (Lipinski definition) is 4. The van der Waals surface area contributed by atoms with E-state index in [0.29, 0.717) is 43.9 Å². The van der Waals surface area contributed by atoms with E-state index in [1.807, 2.05) is 13.8 Å². The lowest BCUT2D eigenvalue weighted by Gasteiger charge is -2.28. The minimum atomic E-state index is -3.61. The Balaban J connectivity index is 1.81. The number of ether oxygens (including phenoxy) is 1. The lowest BCUT2D eigenvalue weighted by atomic mass is 10.1. The zero-order valence-corrected chi connectivity index (χ0v) is 17.1. The van der Waals surface area contributed by atoms with Crippen molar-refractivity contribution in [2.45, 2.75) is 18.7 Å². The zero-order chi connectivity index (χ0) is 19.9. The van der Waals surface area contributed by atoms with Crippen molar-refractivity contribution in [3.8, 4) is 0 Å². The topological polar surface area (TPSA) is 71.4 Å². The van der Waals surface area contributed by atoms with Crippen molar-refractivity contribution in [3.63, 3.8) is 0 Å². The van der Waals surface area contributed by atoms with Gasteiger partial charge in [0.1, 0.15) is 13.1 Å². The summed E-state index contributed by atoms with van der Waals surface area (Å²) in [5.41, 5.74) is 1.38. The third-order valence-corrected chi connectivity index (χ3v) is 7.76. The lowest BCUT2D eigenvalue weighted by molar-refractivity contribution is -0.906. The molecule has 7 nitrogen and oxygen atoms in total. The van der Waals surface area contributed by atoms with Crippen LogP contribution in [-0.2, 0) is 14.8 Å². The summed E-state index contributed by atoms with van der Waals surface area (Å²) in [6.07, 6.45) is 0. The molecule has 8 heteroatoms. The molecule has 0 aromatic heterocycles. The minimum absolute atomic E-state index is 0.0584. The molecular formula is C20H26N3O4S+. The predicted molar refractivity (Wildman–Crippen MR) is 107 cm³/mol. The number of carbonyl (C=O) groups excluding carboxylic acids is 1. The van der Waals surface area contributed by atoms with Gasteiger partial charge in [0, 0.05) is 23.9 Å². The molecule has 1 saturated heterocycles. The fourth-order valence-electron chi connectivity index (χ4n) is 4.15. The second kappa shape index (κ2) is 7.44. The Morgan fingerprint density at radius 1 is 1.11 bits per heavy atom. The van der Waals surface area contributed by atoms with Crippen molar-refractivity contribution in [2.75, 3.05) is 51.0 Å². The number of morpholine rings is 1. The molecule has 2 aliphatic heterocycles. The summed E-state index contributed by atoms with van der Waals surface area (Å²) in [6.45, 7) is 8.15. The average molecular weight is 405 g/mol. The van der Waals surface area contributed by atoms with E-state index in [-0.39, 0.29) is 10.8 Å². The van der Waals surface area contributed by atoms with Gasteiger partial charge in [0.05, 0.1) is 29.4 Å². The summed E-state index contributed by atoms with van der Waals surface area (Å²) in [7, 11) is -3.61. The van der Waals surface area contributed by atoms with Crippen LogP contribution in [0.5, 0.6) is 0 Å². The molecule has 1 amide bonds. The molecule has 150 valence electrons. The maximum Gasteiger partial charge on any atom is 0.263 e. The van der Waals surface area contributed by atoms with Crippen LogP contribution in [0.25, 0.3) is 10.8 Å². The standard InChI is InChI=1S/C20H25N3O4S/c1-3-22(4-2)28(25,26)18-9-8-17-19-15(18)6-5-7-16(19)20(24)23(17)14-21-10-12-27-13-11-21/h5-9H,3-4,10-14H2,1-2H3/p+1. The number of hydrogen-bond donors (Lipinski definition) is 1. The van der Waals surface area contributed by atoms with Gasteiger partial charge in [0.2, 0.25) is 10.0 Å². The monoisotopic (exact) mass is 404 g/mol. The normalized spacial score (nSPS) is 17.8. The molecule has 0 spiro atoms. The number of quaternary nitrogens is 1. The highest BCUT2D eigenvalue weighted by Crippen LogP contribution is 2.40. The van der Waals surface area contributed by atoms with Crippen LogP contribution in [0.3, 0.4) is 0 Å². The number of benzene rings is 2. The van der Waals surface area contributed by atoms with E-state index >= 15 is 0 Å². The van der Waals surface area contributed by atoms with Gasteiger partial charge in [-0.3, -0.25) is 9.69 Å². The van der Waals surface area contributed by atoms with Crippen molar-refractivity contribution < 1.29 is 22.8 Å². The molecule has 0 atom stereocenters. The van der Waals surface area contributed by atoms with Crippen LogP contribution >= 0.6 is 0 Å². The number of amides is 1. The number of anilines is 1. The van der Waals surface area contributed by atoms with Gasteiger partial charge in [-0.1, -0.05) is 26.0 Å². The molecule has 1 fully saturated rings. The van der Waals surface area contributed by atoms with E-state index < -0.39 is 10.0 Å². The van der Waals surface area contributed by atoms with Crippen molar-refractivity contribution in [3.05, 3.63) is 35.9 Å². The summed E-state index contributed by atoms with van der Waals surface area (Å²) in [6, 6.07) is 8.79. The van der Waals surface area contributed by atoms with E-state index in [1.54, 1.807) is 35.2 Å². The van der Waals surface area contributed by atoms with Gasteiger partial charge in [-0.05, 0) is 18.2 Å². The largest absolute Gasteiger partial charge is 0.370 e.